The molecule has 0 aliphatic rings. The van der Waals surface area contributed by atoms with Crippen molar-refractivity contribution in [3.8, 4) is 5.88 Å². The second-order valence-corrected chi connectivity index (χ2v) is 5.90. The Labute approximate surface area is 150 Å². The first-order chi connectivity index (χ1) is 12.8. The molecule has 27 heavy (non-hydrogen) atoms. The van der Waals surface area contributed by atoms with Crippen LogP contribution in [0.1, 0.15) is 17.1 Å². The zero-order valence-corrected chi connectivity index (χ0v) is 13.9. The minimum Gasteiger partial charge on any atom is -0.494 e. The number of H-pyrrole nitrogens is 1. The van der Waals surface area contributed by atoms with Crippen molar-refractivity contribution in [2.75, 3.05) is 5.32 Å². The van der Waals surface area contributed by atoms with E-state index in [0.717, 1.165) is 30.0 Å². The highest BCUT2D eigenvalue weighted by Crippen LogP contribution is 2.35. The maximum absolute atomic E-state index is 14.9. The highest BCUT2D eigenvalue weighted by Gasteiger charge is 2.38. The number of hydrogen-bond acceptors (Lipinski definition) is 5. The Morgan fingerprint density at radius 1 is 1.11 bits per heavy atom. The molecule has 0 aliphatic heterocycles. The fourth-order valence-corrected chi connectivity index (χ4v) is 2.61. The van der Waals surface area contributed by atoms with E-state index in [-0.39, 0.29) is 17.5 Å². The first-order valence-electron chi connectivity index (χ1n) is 7.86. The second kappa shape index (κ2) is 6.01. The SMILES string of the molecule is Cc1cc(Nc2nc(C(F)(F)c3ccc(F)cc3)nc3ccc(O)n23)n[nH]1. The number of aryl methyl sites for hydroxylation is 1. The highest BCUT2D eigenvalue weighted by atomic mass is 19.3. The molecule has 0 spiro atoms. The molecule has 3 N–H and O–H groups in total. The van der Waals surface area contributed by atoms with Gasteiger partial charge in [-0.3, -0.25) is 5.10 Å². The number of anilines is 2. The molecule has 0 amide bonds. The Hall–Kier alpha value is -3.56. The number of nitrogens with zero attached hydrogens (tertiary/aromatic N) is 4. The summed E-state index contributed by atoms with van der Waals surface area (Å²) in [6.45, 7) is 1.77. The van der Waals surface area contributed by atoms with Crippen LogP contribution in [0, 0.1) is 12.7 Å². The lowest BCUT2D eigenvalue weighted by molar-refractivity contribution is 0.0329. The van der Waals surface area contributed by atoms with E-state index in [1.807, 2.05) is 0 Å². The summed E-state index contributed by atoms with van der Waals surface area (Å²) < 4.78 is 44.1. The van der Waals surface area contributed by atoms with Crippen molar-refractivity contribution in [1.82, 2.24) is 24.6 Å². The number of aromatic amines is 1. The number of fused-ring (bicyclic) bond motifs is 1. The zero-order valence-electron chi connectivity index (χ0n) is 13.9. The number of hydrogen-bond donors (Lipinski definition) is 3. The first-order valence-corrected chi connectivity index (χ1v) is 7.86. The van der Waals surface area contributed by atoms with E-state index in [4.69, 9.17) is 0 Å². The lowest BCUT2D eigenvalue weighted by Crippen LogP contribution is -2.21. The molecule has 3 aromatic heterocycles. The summed E-state index contributed by atoms with van der Waals surface area (Å²) in [6.07, 6.45) is 0. The molecular formula is C17H13F3N6O. The van der Waals surface area contributed by atoms with Crippen molar-refractivity contribution in [3.05, 3.63) is 65.4 Å². The third-order valence-corrected chi connectivity index (χ3v) is 3.92. The average molecular weight is 374 g/mol. The number of halogens is 3. The van der Waals surface area contributed by atoms with E-state index in [2.05, 4.69) is 25.5 Å². The van der Waals surface area contributed by atoms with Crippen LogP contribution in [0.3, 0.4) is 0 Å². The predicted octanol–water partition coefficient (Wildman–Crippen LogP) is 3.49. The Morgan fingerprint density at radius 2 is 1.85 bits per heavy atom. The van der Waals surface area contributed by atoms with Gasteiger partial charge in [-0.05, 0) is 37.3 Å². The van der Waals surface area contributed by atoms with Crippen LogP contribution in [0.25, 0.3) is 5.65 Å². The van der Waals surface area contributed by atoms with Crippen LogP contribution in [-0.2, 0) is 5.92 Å². The molecule has 0 fully saturated rings. The van der Waals surface area contributed by atoms with E-state index >= 15 is 0 Å². The fourth-order valence-electron chi connectivity index (χ4n) is 2.61. The van der Waals surface area contributed by atoms with Crippen LogP contribution in [0.4, 0.5) is 24.9 Å². The quantitative estimate of drug-likeness (QED) is 0.509. The van der Waals surface area contributed by atoms with Crippen LogP contribution >= 0.6 is 0 Å². The summed E-state index contributed by atoms with van der Waals surface area (Å²) in [5, 5.41) is 19.5. The molecule has 0 radical (unpaired) electrons. The predicted molar refractivity (Wildman–Crippen MR) is 90.7 cm³/mol. The Kier molecular flexibility index (Phi) is 3.76. The van der Waals surface area contributed by atoms with Gasteiger partial charge in [-0.1, -0.05) is 0 Å². The zero-order chi connectivity index (χ0) is 19.2. The topological polar surface area (TPSA) is 91.1 Å². The molecule has 0 unspecified atom stereocenters. The third-order valence-electron chi connectivity index (χ3n) is 3.92. The van der Waals surface area contributed by atoms with Crippen LogP contribution < -0.4 is 5.32 Å². The maximum Gasteiger partial charge on any atom is 0.331 e. The molecule has 0 bridgehead atoms. The van der Waals surface area contributed by atoms with Gasteiger partial charge in [-0.15, -0.1) is 0 Å². The van der Waals surface area contributed by atoms with Crippen molar-refractivity contribution in [3.63, 3.8) is 0 Å². The van der Waals surface area contributed by atoms with E-state index in [9.17, 15) is 18.3 Å². The summed E-state index contributed by atoms with van der Waals surface area (Å²) in [4.78, 5) is 7.75. The number of benzene rings is 1. The smallest absolute Gasteiger partial charge is 0.331 e. The molecule has 4 rings (SSSR count). The molecule has 3 heterocycles. The molecule has 138 valence electrons. The average Bonchev–Trinajstić information content (AvgIpc) is 3.21. The molecule has 4 aromatic rings. The molecule has 0 saturated carbocycles. The van der Waals surface area contributed by atoms with Crippen molar-refractivity contribution in [2.24, 2.45) is 0 Å². The minimum absolute atomic E-state index is 0.0639. The first kappa shape index (κ1) is 16.9. The van der Waals surface area contributed by atoms with Gasteiger partial charge in [0.2, 0.25) is 11.8 Å². The third kappa shape index (κ3) is 2.94. The van der Waals surface area contributed by atoms with Gasteiger partial charge in [0.1, 0.15) is 11.5 Å². The van der Waals surface area contributed by atoms with Crippen LogP contribution in [0.5, 0.6) is 5.88 Å². The number of nitrogens with one attached hydrogen (secondary N) is 2. The van der Waals surface area contributed by atoms with Crippen molar-refractivity contribution >= 4 is 17.4 Å². The van der Waals surface area contributed by atoms with Crippen molar-refractivity contribution in [2.45, 2.75) is 12.8 Å². The Morgan fingerprint density at radius 3 is 2.52 bits per heavy atom. The molecule has 1 aromatic carbocycles. The summed E-state index contributed by atoms with van der Waals surface area (Å²) in [5.74, 6) is -4.99. The van der Waals surface area contributed by atoms with Gasteiger partial charge in [-0.25, -0.2) is 13.8 Å². The molecule has 0 atom stereocenters. The number of aromatic hydroxyl groups is 1. The molecule has 10 heteroatoms. The monoisotopic (exact) mass is 374 g/mol. The van der Waals surface area contributed by atoms with E-state index in [0.29, 0.717) is 5.82 Å². The van der Waals surface area contributed by atoms with Crippen molar-refractivity contribution in [1.29, 1.82) is 0 Å². The number of rotatable bonds is 4. The van der Waals surface area contributed by atoms with Crippen LogP contribution in [-0.4, -0.2) is 29.7 Å². The highest BCUT2D eigenvalue weighted by molar-refractivity contribution is 5.57. The molecule has 0 saturated heterocycles. The largest absolute Gasteiger partial charge is 0.494 e. The lowest BCUT2D eigenvalue weighted by atomic mass is 10.1. The van der Waals surface area contributed by atoms with Gasteiger partial charge in [0.15, 0.2) is 11.7 Å². The van der Waals surface area contributed by atoms with Gasteiger partial charge in [0.25, 0.3) is 0 Å². The van der Waals surface area contributed by atoms with Crippen molar-refractivity contribution < 1.29 is 18.3 Å². The van der Waals surface area contributed by atoms with Crippen LogP contribution in [0.2, 0.25) is 0 Å². The standard InChI is InChI=1S/C17H13F3N6O/c1-9-8-12(25-24-9)21-16-23-15(22-13-6-7-14(27)26(13)16)17(19,20)10-2-4-11(18)5-3-10/h2-8,27H,1H3,(H2,21,22,23,24,25). The van der Waals surface area contributed by atoms with E-state index in [1.54, 1.807) is 13.0 Å². The van der Waals surface area contributed by atoms with Gasteiger partial charge in [0, 0.05) is 23.4 Å². The summed E-state index contributed by atoms with van der Waals surface area (Å²) in [7, 11) is 0. The fraction of sp³-hybridized carbons (Fsp3) is 0.118. The molecule has 0 aliphatic carbocycles. The molecular weight excluding hydrogens is 361 g/mol. The minimum atomic E-state index is -3.58. The maximum atomic E-state index is 14.9. The van der Waals surface area contributed by atoms with Gasteiger partial charge >= 0.3 is 5.92 Å². The van der Waals surface area contributed by atoms with Gasteiger partial charge < -0.3 is 10.4 Å². The van der Waals surface area contributed by atoms with Gasteiger partial charge in [-0.2, -0.15) is 18.9 Å². The lowest BCUT2D eigenvalue weighted by Gasteiger charge is -2.17. The van der Waals surface area contributed by atoms with Gasteiger partial charge in [0.05, 0.1) is 0 Å². The van der Waals surface area contributed by atoms with Crippen LogP contribution in [0.15, 0.2) is 42.5 Å². The summed E-state index contributed by atoms with van der Waals surface area (Å²) >= 11 is 0. The Bertz CT molecular complexity index is 1120. The van der Waals surface area contributed by atoms with E-state index in [1.165, 1.54) is 16.5 Å². The van der Waals surface area contributed by atoms with E-state index < -0.39 is 23.1 Å². The Balaban J connectivity index is 1.85. The normalized spacial score (nSPS) is 11.9. The second-order valence-electron chi connectivity index (χ2n) is 5.90. The summed E-state index contributed by atoms with van der Waals surface area (Å²) in [6, 6.07) is 8.16. The number of aromatic nitrogens is 5. The number of alkyl halides is 2. The summed E-state index contributed by atoms with van der Waals surface area (Å²) in [5.41, 5.74) is 0.357. The molecule has 7 nitrogen and oxygen atoms in total.